The summed E-state index contributed by atoms with van der Waals surface area (Å²) in [6.45, 7) is 7.41. The van der Waals surface area contributed by atoms with Crippen LogP contribution in [0, 0.1) is 6.92 Å². The van der Waals surface area contributed by atoms with Crippen LogP contribution in [0.4, 0.5) is 5.82 Å². The number of benzene rings is 1. The van der Waals surface area contributed by atoms with Crippen molar-refractivity contribution in [2.45, 2.75) is 39.2 Å². The maximum absolute atomic E-state index is 8.36. The van der Waals surface area contributed by atoms with Gasteiger partial charge in [0.25, 0.3) is 12.9 Å². The van der Waals surface area contributed by atoms with Gasteiger partial charge in [0, 0.05) is 30.4 Å². The van der Waals surface area contributed by atoms with Crippen LogP contribution in [-0.4, -0.2) is 71.0 Å². The van der Waals surface area contributed by atoms with Crippen LogP contribution in [0.5, 0.6) is 0 Å². The Labute approximate surface area is 165 Å². The van der Waals surface area contributed by atoms with Crippen LogP contribution in [0.3, 0.4) is 0 Å². The third-order valence-electron chi connectivity index (χ3n) is 4.86. The Hall–Kier alpha value is -2.74. The van der Waals surface area contributed by atoms with E-state index in [0.29, 0.717) is 6.04 Å². The van der Waals surface area contributed by atoms with Crippen LogP contribution in [0.15, 0.2) is 24.3 Å². The van der Waals surface area contributed by atoms with Crippen LogP contribution in [0.25, 0.3) is 10.8 Å². The number of rotatable bonds is 5. The van der Waals surface area contributed by atoms with Crippen molar-refractivity contribution in [1.82, 2.24) is 15.1 Å². The minimum Gasteiger partial charge on any atom is -0.483 e. The number of aromatic nitrogens is 2. The van der Waals surface area contributed by atoms with Gasteiger partial charge in [0.15, 0.2) is 5.82 Å². The van der Waals surface area contributed by atoms with Crippen molar-refractivity contribution in [3.8, 4) is 0 Å². The normalized spacial score (nSPS) is 14.2. The highest BCUT2D eigenvalue weighted by Crippen LogP contribution is 2.25. The highest BCUT2D eigenvalue weighted by Gasteiger charge is 2.19. The molecule has 0 bridgehead atoms. The van der Waals surface area contributed by atoms with E-state index in [2.05, 4.69) is 58.2 Å². The summed E-state index contributed by atoms with van der Waals surface area (Å²) in [5, 5.41) is 25.0. The van der Waals surface area contributed by atoms with E-state index in [4.69, 9.17) is 19.8 Å². The lowest BCUT2D eigenvalue weighted by molar-refractivity contribution is -0.123. The van der Waals surface area contributed by atoms with Gasteiger partial charge in [-0.25, -0.2) is 0 Å². The number of likely N-dealkylation sites (tertiary alicyclic amines) is 1. The number of nitrogens with zero attached hydrogens (tertiary/aromatic N) is 4. The molecule has 2 N–H and O–H groups in total. The number of carboxylic acid groups (broad SMARTS) is 2. The summed E-state index contributed by atoms with van der Waals surface area (Å²) in [6, 6.07) is 9.06. The van der Waals surface area contributed by atoms with Crippen LogP contribution in [-0.2, 0) is 9.59 Å². The van der Waals surface area contributed by atoms with Gasteiger partial charge in [-0.15, -0.1) is 5.10 Å². The number of hydrogen-bond acceptors (Lipinski definition) is 6. The first kappa shape index (κ1) is 23.3. The van der Waals surface area contributed by atoms with Crippen LogP contribution in [0.2, 0.25) is 0 Å². The van der Waals surface area contributed by atoms with Gasteiger partial charge in [0.2, 0.25) is 0 Å². The maximum atomic E-state index is 8.36. The summed E-state index contributed by atoms with van der Waals surface area (Å²) in [5.41, 5.74) is 0.998. The van der Waals surface area contributed by atoms with E-state index < -0.39 is 0 Å². The molecule has 28 heavy (non-hydrogen) atoms. The molecule has 8 nitrogen and oxygen atoms in total. The second kappa shape index (κ2) is 12.6. The van der Waals surface area contributed by atoms with Crippen molar-refractivity contribution in [2.24, 2.45) is 0 Å². The molecule has 0 radical (unpaired) electrons. The van der Waals surface area contributed by atoms with Gasteiger partial charge in [-0.05, 0) is 46.2 Å². The van der Waals surface area contributed by atoms with Crippen molar-refractivity contribution in [1.29, 1.82) is 0 Å². The van der Waals surface area contributed by atoms with E-state index in [1.807, 2.05) is 6.92 Å². The number of hydrogen-bond donors (Lipinski definition) is 2. The van der Waals surface area contributed by atoms with Gasteiger partial charge in [0.05, 0.1) is 5.69 Å². The third kappa shape index (κ3) is 6.77. The lowest BCUT2D eigenvalue weighted by Gasteiger charge is -2.27. The molecule has 2 aromatic rings. The fourth-order valence-corrected chi connectivity index (χ4v) is 3.36. The number of aryl methyl sites for hydroxylation is 1. The number of anilines is 1. The summed E-state index contributed by atoms with van der Waals surface area (Å²) < 4.78 is 0. The molecule has 154 valence electrons. The van der Waals surface area contributed by atoms with E-state index in [-0.39, 0.29) is 12.9 Å². The molecule has 3 rings (SSSR count). The Bertz CT molecular complexity index is 729. The molecule has 1 aromatic heterocycles. The standard InChI is InChI=1S/C18H26N4.2CH2O2/c1-14(22-11-6-7-12-22)10-13-21(3)18-17-9-5-4-8-16(17)15(2)19-20-18;2*2-1-3/h4-5,8-9,14H,6-7,10-13H2,1-3H3;2*1H,(H,2,3). The molecule has 0 spiro atoms. The summed E-state index contributed by atoms with van der Waals surface area (Å²) in [5.74, 6) is 0.995. The van der Waals surface area contributed by atoms with Crippen LogP contribution >= 0.6 is 0 Å². The summed E-state index contributed by atoms with van der Waals surface area (Å²) >= 11 is 0. The Morgan fingerprint density at radius 2 is 1.64 bits per heavy atom. The van der Waals surface area contributed by atoms with Crippen molar-refractivity contribution in [3.63, 3.8) is 0 Å². The van der Waals surface area contributed by atoms with E-state index in [9.17, 15) is 0 Å². The predicted molar refractivity (Wildman–Crippen MR) is 110 cm³/mol. The first-order valence-corrected chi connectivity index (χ1v) is 9.33. The van der Waals surface area contributed by atoms with E-state index >= 15 is 0 Å². The molecule has 2 heterocycles. The van der Waals surface area contributed by atoms with Gasteiger partial charge < -0.3 is 20.0 Å². The van der Waals surface area contributed by atoms with Gasteiger partial charge in [-0.3, -0.25) is 9.59 Å². The highest BCUT2D eigenvalue weighted by atomic mass is 16.3. The highest BCUT2D eigenvalue weighted by molar-refractivity contribution is 5.93. The minimum absolute atomic E-state index is 0.250. The van der Waals surface area contributed by atoms with Crippen molar-refractivity contribution >= 4 is 29.5 Å². The fourth-order valence-electron chi connectivity index (χ4n) is 3.36. The molecule has 0 saturated carbocycles. The molecular weight excluding hydrogens is 360 g/mol. The molecule has 1 unspecified atom stereocenters. The predicted octanol–water partition coefficient (Wildman–Crippen LogP) is 2.65. The topological polar surface area (TPSA) is 107 Å². The molecule has 1 saturated heterocycles. The lowest BCUT2D eigenvalue weighted by Crippen LogP contribution is -2.33. The molecular formula is C20H30N4O4. The summed E-state index contributed by atoms with van der Waals surface area (Å²) in [6.07, 6.45) is 3.88. The van der Waals surface area contributed by atoms with Gasteiger partial charge in [-0.1, -0.05) is 24.3 Å². The smallest absolute Gasteiger partial charge is 0.290 e. The first-order chi connectivity index (χ1) is 13.5. The Morgan fingerprint density at radius 1 is 1.11 bits per heavy atom. The lowest BCUT2D eigenvalue weighted by atomic mass is 10.1. The quantitative estimate of drug-likeness (QED) is 0.751. The Kier molecular flexibility index (Phi) is 10.5. The van der Waals surface area contributed by atoms with E-state index in [0.717, 1.165) is 18.1 Å². The number of carbonyl (C=O) groups is 2. The zero-order valence-electron chi connectivity index (χ0n) is 16.8. The monoisotopic (exact) mass is 390 g/mol. The average Bonchev–Trinajstić information content (AvgIpc) is 3.23. The van der Waals surface area contributed by atoms with Crippen molar-refractivity contribution < 1.29 is 19.8 Å². The molecule has 0 aliphatic carbocycles. The minimum atomic E-state index is -0.250. The average molecular weight is 390 g/mol. The summed E-state index contributed by atoms with van der Waals surface area (Å²) in [7, 11) is 2.13. The maximum Gasteiger partial charge on any atom is 0.290 e. The largest absolute Gasteiger partial charge is 0.483 e. The number of fused-ring (bicyclic) bond motifs is 1. The van der Waals surface area contributed by atoms with Gasteiger partial charge in [-0.2, -0.15) is 5.10 Å². The Balaban J connectivity index is 0.000000582. The second-order valence-corrected chi connectivity index (χ2v) is 6.67. The summed E-state index contributed by atoms with van der Waals surface area (Å²) in [4.78, 5) is 21.6. The van der Waals surface area contributed by atoms with Crippen LogP contribution < -0.4 is 4.90 Å². The van der Waals surface area contributed by atoms with E-state index in [1.165, 1.54) is 43.1 Å². The second-order valence-electron chi connectivity index (χ2n) is 6.67. The fraction of sp³-hybridized carbons (Fsp3) is 0.500. The molecule has 0 amide bonds. The third-order valence-corrected chi connectivity index (χ3v) is 4.86. The molecule has 1 aliphatic rings. The molecule has 8 heteroatoms. The zero-order chi connectivity index (χ0) is 20.9. The van der Waals surface area contributed by atoms with Crippen LogP contribution in [0.1, 0.15) is 31.9 Å². The first-order valence-electron chi connectivity index (χ1n) is 9.33. The molecule has 1 aromatic carbocycles. The van der Waals surface area contributed by atoms with E-state index in [1.54, 1.807) is 0 Å². The molecule has 1 fully saturated rings. The Morgan fingerprint density at radius 3 is 2.21 bits per heavy atom. The molecule has 1 atom stereocenters. The zero-order valence-corrected chi connectivity index (χ0v) is 16.8. The van der Waals surface area contributed by atoms with Crippen molar-refractivity contribution in [3.05, 3.63) is 30.0 Å². The van der Waals surface area contributed by atoms with Gasteiger partial charge in [0.1, 0.15) is 0 Å². The SMILES string of the molecule is Cc1nnc(N(C)CCC(C)N2CCCC2)c2ccccc12.O=CO.O=CO. The van der Waals surface area contributed by atoms with Gasteiger partial charge >= 0.3 is 0 Å². The molecule has 1 aliphatic heterocycles. The van der Waals surface area contributed by atoms with Crippen molar-refractivity contribution in [2.75, 3.05) is 31.6 Å².